The molecule has 5 aliphatic carbocycles. The molecule has 0 radical (unpaired) electrons. The summed E-state index contributed by atoms with van der Waals surface area (Å²) in [6.07, 6.45) is 9.61. The van der Waals surface area contributed by atoms with Gasteiger partial charge in [-0.2, -0.15) is 0 Å². The Balaban J connectivity index is 1.35. The fraction of sp³-hybridized carbons (Fsp3) is 0.379. The van der Waals surface area contributed by atoms with Crippen LogP contribution in [0, 0.1) is 17.8 Å². The minimum absolute atomic E-state index is 0.287. The van der Waals surface area contributed by atoms with Crippen molar-refractivity contribution in [2.75, 3.05) is 4.90 Å². The maximum Gasteiger partial charge on any atom is 0.256 e. The van der Waals surface area contributed by atoms with Crippen LogP contribution in [0.25, 0.3) is 0 Å². The molecule has 0 aromatic heterocycles. The van der Waals surface area contributed by atoms with Crippen molar-refractivity contribution in [3.63, 3.8) is 0 Å². The topological polar surface area (TPSA) is 12.5 Å². The third kappa shape index (κ3) is 1.88. The number of hydrogen-bond donors (Lipinski definition) is 0. The molecule has 0 amide bonds. The van der Waals surface area contributed by atoms with E-state index < -0.39 is 0 Å². The van der Waals surface area contributed by atoms with Gasteiger partial charge in [-0.3, -0.25) is 0 Å². The molecular weight excluding hydrogens is 389 g/mol. The molecule has 7 aliphatic rings. The van der Waals surface area contributed by atoms with E-state index in [1.165, 1.54) is 72.7 Å². The number of ether oxygens (including phenoxy) is 1. The predicted octanol–water partition coefficient (Wildman–Crippen LogP) is 4.44. The van der Waals surface area contributed by atoms with Gasteiger partial charge < -0.3 is 9.64 Å². The highest BCUT2D eigenvalue weighted by atomic mass is 16.5. The quantitative estimate of drug-likeness (QED) is 0.427. The summed E-state index contributed by atoms with van der Waals surface area (Å²) in [5, 5.41) is 0. The molecule has 2 atom stereocenters. The summed E-state index contributed by atoms with van der Waals surface area (Å²) >= 11 is 0. The van der Waals surface area contributed by atoms with E-state index in [0.29, 0.717) is 5.54 Å². The third-order valence-corrected chi connectivity index (χ3v) is 9.95. The number of hydrogen-bond acceptors (Lipinski definition) is 2. The van der Waals surface area contributed by atoms with E-state index >= 15 is 0 Å². The minimum atomic E-state index is 0.287. The summed E-state index contributed by atoms with van der Waals surface area (Å²) in [5.74, 6) is 4.95. The third-order valence-electron chi connectivity index (χ3n) is 9.95. The highest BCUT2D eigenvalue weighted by molar-refractivity contribution is 6.99. The molecule has 0 saturated heterocycles. The Morgan fingerprint density at radius 3 is 2.38 bits per heavy atom. The van der Waals surface area contributed by atoms with Crippen LogP contribution in [0.15, 0.2) is 54.6 Å². The van der Waals surface area contributed by atoms with Crippen LogP contribution >= 0.6 is 0 Å². The molecule has 10 rings (SSSR count). The first-order valence-electron chi connectivity index (χ1n) is 12.6. The van der Waals surface area contributed by atoms with E-state index in [2.05, 4.69) is 59.5 Å². The van der Waals surface area contributed by atoms with E-state index in [1.807, 2.05) is 0 Å². The van der Waals surface area contributed by atoms with Crippen LogP contribution in [0.1, 0.15) is 43.2 Å². The maximum absolute atomic E-state index is 6.52. The Morgan fingerprint density at radius 1 is 0.781 bits per heavy atom. The number of benzene rings is 3. The number of aryl methyl sites for hydroxylation is 2. The van der Waals surface area contributed by atoms with Crippen LogP contribution in [0.3, 0.4) is 0 Å². The summed E-state index contributed by atoms with van der Waals surface area (Å²) in [5.41, 5.74) is 10.7. The van der Waals surface area contributed by atoms with Gasteiger partial charge in [0.1, 0.15) is 11.5 Å². The average molecular weight is 415 g/mol. The lowest BCUT2D eigenvalue weighted by Gasteiger charge is -2.53. The minimum Gasteiger partial charge on any atom is -0.458 e. The van der Waals surface area contributed by atoms with Crippen LogP contribution in [-0.2, 0) is 12.8 Å². The first-order valence-corrected chi connectivity index (χ1v) is 12.6. The summed E-state index contributed by atoms with van der Waals surface area (Å²) < 4.78 is 6.52. The number of anilines is 2. The second kappa shape index (κ2) is 5.44. The number of nitrogens with zero attached hydrogens (tertiary/aromatic N) is 1. The highest BCUT2D eigenvalue weighted by Crippen LogP contribution is 2.64. The van der Waals surface area contributed by atoms with Crippen LogP contribution in [-0.4, -0.2) is 12.3 Å². The van der Waals surface area contributed by atoms with Crippen LogP contribution in [0.2, 0.25) is 0 Å². The van der Waals surface area contributed by atoms with E-state index in [4.69, 9.17) is 4.74 Å². The van der Waals surface area contributed by atoms with E-state index in [9.17, 15) is 0 Å². The number of para-hydroxylation sites is 1. The lowest BCUT2D eigenvalue weighted by atomic mass is 9.33. The molecule has 0 N–H and O–H groups in total. The molecule has 2 nitrogen and oxygen atoms in total. The van der Waals surface area contributed by atoms with E-state index in [1.54, 1.807) is 11.1 Å². The van der Waals surface area contributed by atoms with Gasteiger partial charge >= 0.3 is 0 Å². The maximum atomic E-state index is 6.52. The first kappa shape index (κ1) is 16.9. The van der Waals surface area contributed by atoms with Gasteiger partial charge in [-0.05, 0) is 114 Å². The van der Waals surface area contributed by atoms with E-state index in [-0.39, 0.29) is 6.71 Å². The molecule has 3 heteroatoms. The van der Waals surface area contributed by atoms with Gasteiger partial charge in [0, 0.05) is 16.9 Å². The van der Waals surface area contributed by atoms with Crippen LogP contribution in [0.4, 0.5) is 11.4 Å². The van der Waals surface area contributed by atoms with Crippen molar-refractivity contribution in [1.29, 1.82) is 0 Å². The first-order chi connectivity index (χ1) is 15.8. The van der Waals surface area contributed by atoms with Crippen molar-refractivity contribution in [2.45, 2.75) is 50.5 Å². The van der Waals surface area contributed by atoms with Crippen molar-refractivity contribution in [1.82, 2.24) is 0 Å². The molecule has 4 saturated carbocycles. The molecule has 32 heavy (non-hydrogen) atoms. The molecule has 2 unspecified atom stereocenters. The molecule has 4 bridgehead atoms. The van der Waals surface area contributed by atoms with Gasteiger partial charge in [0.05, 0.1) is 0 Å². The van der Waals surface area contributed by atoms with Crippen molar-refractivity contribution >= 4 is 34.5 Å². The number of rotatable bonds is 1. The van der Waals surface area contributed by atoms with Crippen molar-refractivity contribution in [3.8, 4) is 11.5 Å². The zero-order valence-corrected chi connectivity index (χ0v) is 18.3. The van der Waals surface area contributed by atoms with Crippen LogP contribution in [0.5, 0.6) is 11.5 Å². The average Bonchev–Trinajstić information content (AvgIpc) is 3.21. The normalized spacial score (nSPS) is 31.4. The SMILES string of the molecule is c1ccc2c(c1)Oc1cccc3c1B2c1cc2c(cc1N3C13CC4CC(C1)C(C4)C3)CC2. The molecule has 4 fully saturated rings. The Hall–Kier alpha value is -2.68. The lowest BCUT2D eigenvalue weighted by Crippen LogP contribution is -2.64. The molecule has 3 aromatic carbocycles. The Bertz CT molecular complexity index is 1330. The molecule has 0 spiro atoms. The Morgan fingerprint density at radius 2 is 1.56 bits per heavy atom. The largest absolute Gasteiger partial charge is 0.458 e. The van der Waals surface area contributed by atoms with Gasteiger partial charge in [0.15, 0.2) is 0 Å². The van der Waals surface area contributed by atoms with Gasteiger partial charge in [-0.25, -0.2) is 0 Å². The van der Waals surface area contributed by atoms with E-state index in [0.717, 1.165) is 29.3 Å². The van der Waals surface area contributed by atoms with Crippen molar-refractivity contribution < 1.29 is 4.74 Å². The molecule has 156 valence electrons. The van der Waals surface area contributed by atoms with Crippen molar-refractivity contribution in [2.24, 2.45) is 17.8 Å². The molecule has 2 heterocycles. The van der Waals surface area contributed by atoms with Gasteiger partial charge in [0.2, 0.25) is 0 Å². The lowest BCUT2D eigenvalue weighted by molar-refractivity contribution is 0.232. The second-order valence-electron chi connectivity index (χ2n) is 11.5. The smallest absolute Gasteiger partial charge is 0.256 e. The second-order valence-corrected chi connectivity index (χ2v) is 11.5. The van der Waals surface area contributed by atoms with Crippen molar-refractivity contribution in [3.05, 3.63) is 65.7 Å². The zero-order valence-electron chi connectivity index (χ0n) is 18.3. The molecule has 2 aliphatic heterocycles. The van der Waals surface area contributed by atoms with Gasteiger partial charge in [-0.1, -0.05) is 30.3 Å². The molecular formula is C29H26BNO. The Labute approximate surface area is 189 Å². The fourth-order valence-electron chi connectivity index (χ4n) is 8.88. The predicted molar refractivity (Wildman–Crippen MR) is 130 cm³/mol. The highest BCUT2D eigenvalue weighted by Gasteiger charge is 2.60. The van der Waals surface area contributed by atoms with Gasteiger partial charge in [0.25, 0.3) is 6.71 Å². The standard InChI is InChI=1S/C29H26BNO/c1-2-6-26-22(4-1)30-23-12-18-8-9-19(18)13-25(23)31(24-5-3-7-27(32-26)28(24)30)29-14-17-10-20(15-29)21(11-17)16-29/h1-7,12-13,17,20-21H,8-11,14-16H2. The summed E-state index contributed by atoms with van der Waals surface area (Å²) in [7, 11) is 0. The zero-order chi connectivity index (χ0) is 20.6. The number of fused-ring (bicyclic) bond motifs is 5. The van der Waals surface area contributed by atoms with Crippen LogP contribution < -0.4 is 26.0 Å². The monoisotopic (exact) mass is 415 g/mol. The summed E-state index contributed by atoms with van der Waals surface area (Å²) in [6.45, 7) is 0.287. The molecule has 3 aromatic rings. The summed E-state index contributed by atoms with van der Waals surface area (Å²) in [4.78, 5) is 2.85. The van der Waals surface area contributed by atoms with Gasteiger partial charge in [-0.15, -0.1) is 0 Å². The fourth-order valence-corrected chi connectivity index (χ4v) is 8.88. The summed E-state index contributed by atoms with van der Waals surface area (Å²) in [6, 6.07) is 20.7. The Kier molecular flexibility index (Phi) is 2.87.